The average Bonchev–Trinajstić information content (AvgIpc) is 2.46. The van der Waals surface area contributed by atoms with Crippen LogP contribution in [0, 0.1) is 0 Å². The molecule has 1 heterocycles. The van der Waals surface area contributed by atoms with Crippen molar-refractivity contribution in [2.24, 2.45) is 0 Å². The van der Waals surface area contributed by atoms with Gasteiger partial charge in [-0.2, -0.15) is 0 Å². The highest BCUT2D eigenvalue weighted by Crippen LogP contribution is 2.25. The Morgan fingerprint density at radius 3 is 2.65 bits per heavy atom. The third kappa shape index (κ3) is 3.19. The summed E-state index contributed by atoms with van der Waals surface area (Å²) in [6, 6.07) is 7.02. The van der Waals surface area contributed by atoms with Crippen molar-refractivity contribution < 1.29 is 13.9 Å². The summed E-state index contributed by atoms with van der Waals surface area (Å²) in [6.07, 6.45) is -1.40. The van der Waals surface area contributed by atoms with Gasteiger partial charge in [0, 0.05) is 18.0 Å². The summed E-state index contributed by atoms with van der Waals surface area (Å²) in [5.74, 6) is -0.0868. The summed E-state index contributed by atoms with van der Waals surface area (Å²) in [5.41, 5.74) is 0.485. The van der Waals surface area contributed by atoms with Crippen LogP contribution in [0.3, 0.4) is 0 Å². The van der Waals surface area contributed by atoms with Crippen LogP contribution in [0.25, 0.3) is 10.9 Å². The Labute approximate surface area is 115 Å². The minimum absolute atomic E-state index is 0.0103. The van der Waals surface area contributed by atoms with Crippen LogP contribution >= 0.6 is 0 Å². The highest BCUT2D eigenvalue weighted by Gasteiger charge is 2.16. The van der Waals surface area contributed by atoms with E-state index in [-0.39, 0.29) is 12.6 Å². The van der Waals surface area contributed by atoms with Gasteiger partial charge in [-0.05, 0) is 25.0 Å². The number of halogens is 2. The molecule has 1 unspecified atom stereocenters. The van der Waals surface area contributed by atoms with E-state index in [1.54, 1.807) is 18.2 Å². The van der Waals surface area contributed by atoms with Crippen LogP contribution in [0.15, 0.2) is 24.3 Å². The first kappa shape index (κ1) is 14.6. The van der Waals surface area contributed by atoms with Crippen LogP contribution in [-0.4, -0.2) is 27.7 Å². The van der Waals surface area contributed by atoms with E-state index in [4.69, 9.17) is 5.11 Å². The normalized spacial score (nSPS) is 12.8. The van der Waals surface area contributed by atoms with Gasteiger partial charge in [0.25, 0.3) is 6.43 Å². The van der Waals surface area contributed by atoms with Crippen LogP contribution in [0.2, 0.25) is 0 Å². The van der Waals surface area contributed by atoms with Crippen LogP contribution in [-0.2, 0) is 0 Å². The third-order valence-electron chi connectivity index (χ3n) is 3.13. The maximum atomic E-state index is 12.8. The van der Waals surface area contributed by atoms with E-state index in [2.05, 4.69) is 15.3 Å². The Hall–Kier alpha value is -1.82. The number of alkyl halides is 2. The third-order valence-corrected chi connectivity index (χ3v) is 3.13. The van der Waals surface area contributed by atoms with Crippen molar-refractivity contribution in [3.8, 4) is 0 Å². The van der Waals surface area contributed by atoms with Gasteiger partial charge >= 0.3 is 0 Å². The van der Waals surface area contributed by atoms with Gasteiger partial charge in [-0.25, -0.2) is 18.7 Å². The lowest BCUT2D eigenvalue weighted by molar-refractivity contribution is 0.141. The van der Waals surface area contributed by atoms with Crippen molar-refractivity contribution in [2.75, 3.05) is 11.9 Å². The van der Waals surface area contributed by atoms with E-state index in [0.29, 0.717) is 23.1 Å². The number of nitrogens with one attached hydrogen (secondary N) is 1. The molecule has 1 aromatic carbocycles. The zero-order valence-electron chi connectivity index (χ0n) is 11.2. The summed E-state index contributed by atoms with van der Waals surface area (Å²) in [5, 5.41) is 12.8. The van der Waals surface area contributed by atoms with E-state index < -0.39 is 12.2 Å². The number of aliphatic hydroxyl groups excluding tert-OH is 1. The molecule has 2 aromatic rings. The second kappa shape index (κ2) is 6.56. The molecule has 108 valence electrons. The number of hydrogen-bond acceptors (Lipinski definition) is 4. The predicted octanol–water partition coefficient (Wildman–Crippen LogP) is 3.14. The van der Waals surface area contributed by atoms with Gasteiger partial charge < -0.3 is 10.4 Å². The van der Waals surface area contributed by atoms with Gasteiger partial charge in [-0.1, -0.05) is 19.1 Å². The smallest absolute Gasteiger partial charge is 0.297 e. The Morgan fingerprint density at radius 2 is 2.00 bits per heavy atom. The molecule has 0 radical (unpaired) electrons. The van der Waals surface area contributed by atoms with E-state index in [0.717, 1.165) is 6.42 Å². The quantitative estimate of drug-likeness (QED) is 0.854. The molecule has 4 nitrogen and oxygen atoms in total. The molecule has 0 saturated heterocycles. The molecular formula is C14H17F2N3O. The fraction of sp³-hybridized carbons (Fsp3) is 0.429. The zero-order chi connectivity index (χ0) is 14.5. The highest BCUT2D eigenvalue weighted by atomic mass is 19.3. The summed E-state index contributed by atoms with van der Waals surface area (Å²) in [7, 11) is 0. The van der Waals surface area contributed by atoms with Gasteiger partial charge in [-0.3, -0.25) is 0 Å². The maximum absolute atomic E-state index is 12.8. The summed E-state index contributed by atoms with van der Waals surface area (Å²) < 4.78 is 25.7. The van der Waals surface area contributed by atoms with E-state index in [1.165, 1.54) is 0 Å². The Bertz CT molecular complexity index is 577. The number of benzene rings is 1. The molecular weight excluding hydrogens is 264 g/mol. The van der Waals surface area contributed by atoms with Crippen molar-refractivity contribution >= 4 is 16.7 Å². The number of hydrogen-bond donors (Lipinski definition) is 2. The molecule has 0 saturated carbocycles. The monoisotopic (exact) mass is 281 g/mol. The average molecular weight is 281 g/mol. The van der Waals surface area contributed by atoms with Gasteiger partial charge in [0.05, 0.1) is 5.52 Å². The molecule has 0 aliphatic rings. The lowest BCUT2D eigenvalue weighted by Gasteiger charge is -2.18. The fourth-order valence-corrected chi connectivity index (χ4v) is 2.03. The summed E-state index contributed by atoms with van der Waals surface area (Å²) in [6.45, 7) is 2.00. The number of rotatable bonds is 6. The molecule has 0 spiro atoms. The lowest BCUT2D eigenvalue weighted by atomic mass is 10.1. The molecule has 0 aliphatic carbocycles. The molecule has 20 heavy (non-hydrogen) atoms. The first-order valence-corrected chi connectivity index (χ1v) is 6.58. The second-order valence-corrected chi connectivity index (χ2v) is 4.51. The molecule has 6 heteroatoms. The van der Waals surface area contributed by atoms with Gasteiger partial charge in [0.2, 0.25) is 0 Å². The van der Waals surface area contributed by atoms with E-state index in [1.807, 2.05) is 13.0 Å². The Balaban J connectivity index is 2.43. The molecule has 2 N–H and O–H groups in total. The zero-order valence-corrected chi connectivity index (χ0v) is 11.2. The molecule has 0 aliphatic heterocycles. The molecule has 1 atom stereocenters. The number of para-hydroxylation sites is 1. The summed E-state index contributed by atoms with van der Waals surface area (Å²) in [4.78, 5) is 7.78. The number of aliphatic hydroxyl groups is 1. The standard InChI is InChI=1S/C14H17F2N3O/c1-2-9(7-8-20)17-13-10-5-3-4-6-11(10)18-14(19-13)12(15)16/h3-6,9,12,20H,2,7-8H2,1H3,(H,17,18,19). The van der Waals surface area contributed by atoms with Crippen LogP contribution in [0.5, 0.6) is 0 Å². The lowest BCUT2D eigenvalue weighted by Crippen LogP contribution is -2.21. The van der Waals surface area contributed by atoms with Crippen molar-refractivity contribution in [1.29, 1.82) is 0 Å². The Morgan fingerprint density at radius 1 is 1.25 bits per heavy atom. The number of aromatic nitrogens is 2. The first-order valence-electron chi connectivity index (χ1n) is 6.58. The molecule has 1 aromatic heterocycles. The molecule has 0 bridgehead atoms. The SMILES string of the molecule is CCC(CCO)Nc1nc(C(F)F)nc2ccccc12. The Kier molecular flexibility index (Phi) is 4.79. The van der Waals surface area contributed by atoms with Crippen molar-refractivity contribution in [3.05, 3.63) is 30.1 Å². The van der Waals surface area contributed by atoms with Crippen molar-refractivity contribution in [3.63, 3.8) is 0 Å². The molecule has 0 fully saturated rings. The van der Waals surface area contributed by atoms with Crippen molar-refractivity contribution in [2.45, 2.75) is 32.2 Å². The largest absolute Gasteiger partial charge is 0.396 e. The van der Waals surface area contributed by atoms with Crippen molar-refractivity contribution in [1.82, 2.24) is 9.97 Å². The van der Waals surface area contributed by atoms with Crippen LogP contribution in [0.4, 0.5) is 14.6 Å². The number of fused-ring (bicyclic) bond motifs is 1. The second-order valence-electron chi connectivity index (χ2n) is 4.51. The van der Waals surface area contributed by atoms with Crippen LogP contribution < -0.4 is 5.32 Å². The topological polar surface area (TPSA) is 58.0 Å². The molecule has 2 rings (SSSR count). The number of anilines is 1. The maximum Gasteiger partial charge on any atom is 0.297 e. The predicted molar refractivity (Wildman–Crippen MR) is 73.9 cm³/mol. The first-order chi connectivity index (χ1) is 9.65. The minimum atomic E-state index is -2.71. The number of nitrogens with zero attached hydrogens (tertiary/aromatic N) is 2. The van der Waals surface area contributed by atoms with Gasteiger partial charge in [-0.15, -0.1) is 0 Å². The molecule has 0 amide bonds. The van der Waals surface area contributed by atoms with Gasteiger partial charge in [0.1, 0.15) is 5.82 Å². The van der Waals surface area contributed by atoms with Crippen LogP contribution in [0.1, 0.15) is 32.0 Å². The van der Waals surface area contributed by atoms with Gasteiger partial charge in [0.15, 0.2) is 5.82 Å². The van der Waals surface area contributed by atoms with E-state index in [9.17, 15) is 8.78 Å². The minimum Gasteiger partial charge on any atom is -0.396 e. The highest BCUT2D eigenvalue weighted by molar-refractivity contribution is 5.89. The van der Waals surface area contributed by atoms with E-state index >= 15 is 0 Å². The summed E-state index contributed by atoms with van der Waals surface area (Å²) >= 11 is 0. The fourth-order valence-electron chi connectivity index (χ4n) is 2.03.